The van der Waals surface area contributed by atoms with E-state index in [-0.39, 0.29) is 5.41 Å². The molecule has 0 aliphatic heterocycles. The van der Waals surface area contributed by atoms with Crippen LogP contribution in [0, 0.1) is 11.3 Å². The Kier molecular flexibility index (Phi) is 7.90. The van der Waals surface area contributed by atoms with Crippen molar-refractivity contribution >= 4 is 49.8 Å². The second-order valence-corrected chi connectivity index (χ2v) is 16.0. The van der Waals surface area contributed by atoms with Crippen molar-refractivity contribution in [1.29, 1.82) is 5.26 Å². The van der Waals surface area contributed by atoms with Crippen LogP contribution in [0.15, 0.2) is 199 Å². The molecule has 0 unspecified atom stereocenters. The van der Waals surface area contributed by atoms with Gasteiger partial charge in [0.05, 0.1) is 11.6 Å². The van der Waals surface area contributed by atoms with E-state index < -0.39 is 0 Å². The Bertz CT molecular complexity index is 3280. The number of anilines is 3. The molecule has 0 saturated heterocycles. The molecule has 0 amide bonds. The first-order chi connectivity index (χ1) is 28.9. The third-order valence-electron chi connectivity index (χ3n) is 12.3. The van der Waals surface area contributed by atoms with E-state index in [1.54, 1.807) is 0 Å². The Morgan fingerprint density at radius 1 is 0.424 bits per heavy atom. The number of nitriles is 1. The Morgan fingerprint density at radius 2 is 0.949 bits per heavy atom. The molecule has 1 aliphatic rings. The average molecular weight is 755 g/mol. The van der Waals surface area contributed by atoms with E-state index in [0.29, 0.717) is 5.56 Å². The first-order valence-corrected chi connectivity index (χ1v) is 20.1. The number of fused-ring (bicyclic) bond motifs is 8. The number of hydrogen-bond acceptors (Lipinski definition) is 3. The first kappa shape index (κ1) is 34.6. The van der Waals surface area contributed by atoms with Crippen molar-refractivity contribution in [2.45, 2.75) is 19.3 Å². The highest BCUT2D eigenvalue weighted by Gasteiger charge is 2.36. The molecule has 10 aromatic rings. The lowest BCUT2D eigenvalue weighted by Gasteiger charge is -2.28. The van der Waals surface area contributed by atoms with Crippen LogP contribution >= 0.6 is 0 Å². The molecule has 1 aliphatic carbocycles. The molecule has 3 nitrogen and oxygen atoms in total. The predicted octanol–water partition coefficient (Wildman–Crippen LogP) is 15.4. The van der Waals surface area contributed by atoms with Crippen molar-refractivity contribution in [2.24, 2.45) is 0 Å². The van der Waals surface area contributed by atoms with E-state index in [1.807, 2.05) is 36.4 Å². The average Bonchev–Trinajstić information content (AvgIpc) is 3.78. The van der Waals surface area contributed by atoms with Crippen LogP contribution in [0.5, 0.6) is 0 Å². The van der Waals surface area contributed by atoms with Gasteiger partial charge in [-0.3, -0.25) is 0 Å². The molecule has 11 rings (SSSR count). The summed E-state index contributed by atoms with van der Waals surface area (Å²) in [5.41, 5.74) is 17.7. The zero-order valence-electron chi connectivity index (χ0n) is 32.8. The number of rotatable bonds is 6. The van der Waals surface area contributed by atoms with Gasteiger partial charge in [0.1, 0.15) is 11.2 Å². The number of para-hydroxylation sites is 1. The van der Waals surface area contributed by atoms with Gasteiger partial charge in [0, 0.05) is 38.6 Å². The standard InChI is InChI=1S/C56H38N2O/c1-56(2)52-32-41(37-10-4-3-5-11-37)24-30-46(52)47-31-29-44(33-53(47)56)58(42-25-16-36(35-57)17-26-42)43-27-22-39(23-28-43)38-18-20-40(21-19-38)50-34-51-48-13-8-9-15-54(48)59-55(51)49-14-7-6-12-45(49)50/h3-34H,1-2H3. The van der Waals surface area contributed by atoms with Crippen LogP contribution in [0.25, 0.3) is 77.2 Å². The van der Waals surface area contributed by atoms with Gasteiger partial charge in [0.15, 0.2) is 0 Å². The predicted molar refractivity (Wildman–Crippen MR) is 244 cm³/mol. The van der Waals surface area contributed by atoms with Crippen molar-refractivity contribution in [3.63, 3.8) is 0 Å². The van der Waals surface area contributed by atoms with Gasteiger partial charge in [-0.15, -0.1) is 0 Å². The van der Waals surface area contributed by atoms with E-state index in [1.165, 1.54) is 49.9 Å². The molecule has 1 heterocycles. The zero-order chi connectivity index (χ0) is 39.7. The van der Waals surface area contributed by atoms with Crippen molar-refractivity contribution in [3.8, 4) is 50.6 Å². The molecule has 0 N–H and O–H groups in total. The summed E-state index contributed by atoms with van der Waals surface area (Å²) < 4.78 is 6.37. The molecule has 278 valence electrons. The van der Waals surface area contributed by atoms with Crippen molar-refractivity contribution in [2.75, 3.05) is 4.90 Å². The summed E-state index contributed by atoms with van der Waals surface area (Å²) in [5, 5.41) is 14.2. The molecular formula is C56H38N2O. The largest absolute Gasteiger partial charge is 0.455 e. The van der Waals surface area contributed by atoms with Gasteiger partial charge in [-0.1, -0.05) is 141 Å². The molecule has 0 atom stereocenters. The SMILES string of the molecule is CC1(C)c2cc(-c3ccccc3)ccc2-c2ccc(N(c3ccc(C#N)cc3)c3ccc(-c4ccc(-c5cc6c7ccccc7oc6c6ccccc56)cc4)cc3)cc21. The monoisotopic (exact) mass is 754 g/mol. The molecule has 1 aromatic heterocycles. The quantitative estimate of drug-likeness (QED) is 0.170. The summed E-state index contributed by atoms with van der Waals surface area (Å²) >= 11 is 0. The minimum atomic E-state index is -0.192. The van der Waals surface area contributed by atoms with E-state index in [2.05, 4.69) is 183 Å². The van der Waals surface area contributed by atoms with E-state index >= 15 is 0 Å². The first-order valence-electron chi connectivity index (χ1n) is 20.1. The Balaban J connectivity index is 0.947. The lowest BCUT2D eigenvalue weighted by atomic mass is 9.81. The highest BCUT2D eigenvalue weighted by molar-refractivity contribution is 6.19. The summed E-state index contributed by atoms with van der Waals surface area (Å²) in [6, 6.07) is 71.4. The van der Waals surface area contributed by atoms with E-state index in [0.717, 1.165) is 55.5 Å². The van der Waals surface area contributed by atoms with E-state index in [9.17, 15) is 5.26 Å². The maximum absolute atomic E-state index is 9.61. The van der Waals surface area contributed by atoms with Gasteiger partial charge < -0.3 is 9.32 Å². The highest BCUT2D eigenvalue weighted by Crippen LogP contribution is 2.52. The van der Waals surface area contributed by atoms with Gasteiger partial charge in [-0.2, -0.15) is 5.26 Å². The molecule has 9 aromatic carbocycles. The van der Waals surface area contributed by atoms with Crippen LogP contribution in [-0.2, 0) is 5.41 Å². The number of nitrogens with zero attached hydrogens (tertiary/aromatic N) is 2. The zero-order valence-corrected chi connectivity index (χ0v) is 32.8. The number of hydrogen-bond donors (Lipinski definition) is 0. The van der Waals surface area contributed by atoms with Crippen LogP contribution in [-0.4, -0.2) is 0 Å². The summed E-state index contributed by atoms with van der Waals surface area (Å²) in [7, 11) is 0. The second-order valence-electron chi connectivity index (χ2n) is 16.0. The highest BCUT2D eigenvalue weighted by atomic mass is 16.3. The van der Waals surface area contributed by atoms with Crippen molar-refractivity contribution < 1.29 is 4.42 Å². The fourth-order valence-electron chi connectivity index (χ4n) is 9.24. The lowest BCUT2D eigenvalue weighted by molar-refractivity contribution is 0.660. The van der Waals surface area contributed by atoms with Gasteiger partial charge in [-0.25, -0.2) is 0 Å². The Hall–Kier alpha value is -7.67. The van der Waals surface area contributed by atoms with Crippen LogP contribution in [0.4, 0.5) is 17.1 Å². The summed E-state index contributed by atoms with van der Waals surface area (Å²) in [6.07, 6.45) is 0. The minimum absolute atomic E-state index is 0.192. The Labute approximate surface area is 343 Å². The molecule has 0 radical (unpaired) electrons. The van der Waals surface area contributed by atoms with Gasteiger partial charge >= 0.3 is 0 Å². The second kappa shape index (κ2) is 13.5. The fourth-order valence-corrected chi connectivity index (χ4v) is 9.24. The molecule has 0 saturated carbocycles. The van der Waals surface area contributed by atoms with Crippen LogP contribution < -0.4 is 4.90 Å². The number of benzene rings is 9. The summed E-state index contributed by atoms with van der Waals surface area (Å²) in [6.45, 7) is 4.67. The molecule has 0 spiro atoms. The van der Waals surface area contributed by atoms with Crippen LogP contribution in [0.3, 0.4) is 0 Å². The van der Waals surface area contributed by atoms with Gasteiger partial charge in [-0.05, 0) is 128 Å². The maximum Gasteiger partial charge on any atom is 0.143 e. The van der Waals surface area contributed by atoms with Gasteiger partial charge in [0.2, 0.25) is 0 Å². The Morgan fingerprint density at radius 3 is 1.66 bits per heavy atom. The third kappa shape index (κ3) is 5.64. The normalized spacial score (nSPS) is 12.7. The van der Waals surface area contributed by atoms with Crippen molar-refractivity contribution in [3.05, 3.63) is 211 Å². The lowest BCUT2D eigenvalue weighted by Crippen LogP contribution is -2.16. The third-order valence-corrected chi connectivity index (χ3v) is 12.3. The summed E-state index contributed by atoms with van der Waals surface area (Å²) in [5.74, 6) is 0. The molecule has 0 bridgehead atoms. The summed E-state index contributed by atoms with van der Waals surface area (Å²) in [4.78, 5) is 2.30. The maximum atomic E-state index is 9.61. The smallest absolute Gasteiger partial charge is 0.143 e. The van der Waals surface area contributed by atoms with Crippen LogP contribution in [0.2, 0.25) is 0 Å². The molecule has 0 fully saturated rings. The van der Waals surface area contributed by atoms with Gasteiger partial charge in [0.25, 0.3) is 0 Å². The minimum Gasteiger partial charge on any atom is -0.455 e. The molecular weight excluding hydrogens is 717 g/mol. The van der Waals surface area contributed by atoms with Crippen molar-refractivity contribution in [1.82, 2.24) is 0 Å². The molecule has 3 heteroatoms. The van der Waals surface area contributed by atoms with Crippen LogP contribution in [0.1, 0.15) is 30.5 Å². The van der Waals surface area contributed by atoms with E-state index in [4.69, 9.17) is 4.42 Å². The molecule has 59 heavy (non-hydrogen) atoms. The fraction of sp³-hybridized carbons (Fsp3) is 0.0536. The number of furan rings is 1. The topological polar surface area (TPSA) is 40.2 Å².